The maximum absolute atomic E-state index is 12.6. The summed E-state index contributed by atoms with van der Waals surface area (Å²) in [6.45, 7) is 7.91. The van der Waals surface area contributed by atoms with Gasteiger partial charge in [-0.15, -0.1) is 6.58 Å². The number of fused-ring (bicyclic) bond motifs is 1. The zero-order chi connectivity index (χ0) is 19.9. The van der Waals surface area contributed by atoms with E-state index in [0.29, 0.717) is 12.8 Å². The molecule has 1 amide bonds. The lowest BCUT2D eigenvalue weighted by Crippen LogP contribution is -2.40. The molecule has 150 valence electrons. The fraction of sp³-hybridized carbons (Fsp3) is 0.429. The molecule has 1 aromatic carbocycles. The molecule has 7 heteroatoms. The summed E-state index contributed by atoms with van der Waals surface area (Å²) >= 11 is 1.65. The Hall–Kier alpha value is -2.09. The minimum absolute atomic E-state index is 0.161. The van der Waals surface area contributed by atoms with Crippen molar-refractivity contribution in [3.8, 4) is 5.75 Å². The molecule has 1 aliphatic carbocycles. The number of allylic oxidation sites excluding steroid dienone is 1. The van der Waals surface area contributed by atoms with Crippen LogP contribution >= 0.6 is 11.9 Å². The van der Waals surface area contributed by atoms with Gasteiger partial charge in [-0.05, 0) is 43.3 Å². The van der Waals surface area contributed by atoms with Crippen molar-refractivity contribution < 1.29 is 9.90 Å². The molecule has 1 aromatic rings. The molecule has 6 nitrogen and oxygen atoms in total. The van der Waals surface area contributed by atoms with Crippen LogP contribution in [0.1, 0.15) is 24.0 Å². The number of carbonyl (C=O) groups excluding carboxylic acids is 1. The van der Waals surface area contributed by atoms with Crippen LogP contribution in [0.2, 0.25) is 0 Å². The van der Waals surface area contributed by atoms with Crippen LogP contribution in [0.5, 0.6) is 5.75 Å². The summed E-state index contributed by atoms with van der Waals surface area (Å²) in [4.78, 5) is 14.9. The van der Waals surface area contributed by atoms with Crippen LogP contribution in [0.4, 0.5) is 0 Å². The van der Waals surface area contributed by atoms with Crippen molar-refractivity contribution in [1.82, 2.24) is 14.6 Å². The maximum Gasteiger partial charge on any atom is 0.247 e. The van der Waals surface area contributed by atoms with E-state index in [1.165, 1.54) is 0 Å². The Bertz CT molecular complexity index is 770. The summed E-state index contributed by atoms with van der Waals surface area (Å²) in [6, 6.07) is 5.47. The Morgan fingerprint density at radius 3 is 2.89 bits per heavy atom. The summed E-state index contributed by atoms with van der Waals surface area (Å²) in [5.41, 5.74) is 5.23. The van der Waals surface area contributed by atoms with Crippen molar-refractivity contribution >= 4 is 23.6 Å². The number of piperazine rings is 1. The number of benzene rings is 1. The SMILES string of the molecule is C=CCC(/C=C/SN1CCN(C)CC1)C(=O)N/N=C1\CCc2cccc(O)c21. The van der Waals surface area contributed by atoms with Crippen molar-refractivity contribution in [2.75, 3.05) is 33.2 Å². The fourth-order valence-electron chi connectivity index (χ4n) is 3.39. The number of hydrazone groups is 1. The van der Waals surface area contributed by atoms with Crippen LogP contribution in [0.15, 0.2) is 47.4 Å². The number of phenols is 1. The summed E-state index contributed by atoms with van der Waals surface area (Å²) in [7, 11) is 2.13. The lowest BCUT2D eigenvalue weighted by Gasteiger charge is -2.30. The third-order valence-corrected chi connectivity index (χ3v) is 6.03. The largest absolute Gasteiger partial charge is 0.507 e. The molecule has 0 saturated carbocycles. The molecule has 1 unspecified atom stereocenters. The second-order valence-corrected chi connectivity index (χ2v) is 8.14. The Morgan fingerprint density at radius 1 is 1.36 bits per heavy atom. The van der Waals surface area contributed by atoms with Gasteiger partial charge in [0.15, 0.2) is 0 Å². The topological polar surface area (TPSA) is 68.2 Å². The Kier molecular flexibility index (Phi) is 7.30. The number of aromatic hydroxyl groups is 1. The van der Waals surface area contributed by atoms with Crippen LogP contribution in [0.3, 0.4) is 0 Å². The zero-order valence-corrected chi connectivity index (χ0v) is 17.1. The minimum Gasteiger partial charge on any atom is -0.507 e. The average molecular weight is 401 g/mol. The van der Waals surface area contributed by atoms with E-state index in [1.54, 1.807) is 24.1 Å². The van der Waals surface area contributed by atoms with E-state index >= 15 is 0 Å². The van der Waals surface area contributed by atoms with E-state index in [9.17, 15) is 9.90 Å². The summed E-state index contributed by atoms with van der Waals surface area (Å²) in [6.07, 6.45) is 5.77. The van der Waals surface area contributed by atoms with Gasteiger partial charge in [0, 0.05) is 31.7 Å². The second kappa shape index (κ2) is 9.91. The number of rotatable bonds is 7. The molecule has 1 atom stereocenters. The number of amides is 1. The smallest absolute Gasteiger partial charge is 0.247 e. The first-order valence-corrected chi connectivity index (χ1v) is 10.5. The molecule has 0 bridgehead atoms. The number of nitrogens with one attached hydrogen (secondary N) is 1. The first kappa shape index (κ1) is 20.6. The number of aryl methyl sites for hydroxylation is 1. The Labute approximate surface area is 171 Å². The van der Waals surface area contributed by atoms with Crippen LogP contribution in [-0.4, -0.2) is 59.2 Å². The highest BCUT2D eigenvalue weighted by Crippen LogP contribution is 2.29. The lowest BCUT2D eigenvalue weighted by atomic mass is 10.1. The van der Waals surface area contributed by atoms with Crippen LogP contribution in [-0.2, 0) is 11.2 Å². The molecule has 2 aliphatic rings. The summed E-state index contributed by atoms with van der Waals surface area (Å²) < 4.78 is 2.30. The second-order valence-electron chi connectivity index (χ2n) is 7.14. The summed E-state index contributed by atoms with van der Waals surface area (Å²) in [5.74, 6) is -0.257. The highest BCUT2D eigenvalue weighted by atomic mass is 32.2. The van der Waals surface area contributed by atoms with Crippen molar-refractivity contribution in [2.45, 2.75) is 19.3 Å². The van der Waals surface area contributed by atoms with Crippen molar-refractivity contribution in [3.05, 3.63) is 53.5 Å². The molecule has 0 radical (unpaired) electrons. The van der Waals surface area contributed by atoms with Crippen molar-refractivity contribution in [3.63, 3.8) is 0 Å². The van der Waals surface area contributed by atoms with Gasteiger partial charge in [-0.3, -0.25) is 4.79 Å². The Morgan fingerprint density at radius 2 is 2.14 bits per heavy atom. The number of hydrogen-bond donors (Lipinski definition) is 2. The molecule has 2 N–H and O–H groups in total. The number of nitrogens with zero attached hydrogens (tertiary/aromatic N) is 3. The molecule has 1 saturated heterocycles. The van der Waals surface area contributed by atoms with Gasteiger partial charge in [0.2, 0.25) is 5.91 Å². The van der Waals surface area contributed by atoms with Gasteiger partial charge in [-0.1, -0.05) is 36.2 Å². The third-order valence-electron chi connectivity index (χ3n) is 5.09. The summed E-state index contributed by atoms with van der Waals surface area (Å²) in [5, 5.41) is 16.4. The fourth-order valence-corrected chi connectivity index (χ4v) is 4.19. The molecule has 28 heavy (non-hydrogen) atoms. The van der Waals surface area contributed by atoms with E-state index < -0.39 is 0 Å². The first-order chi connectivity index (χ1) is 13.6. The van der Waals surface area contributed by atoms with Gasteiger partial charge in [-0.25, -0.2) is 9.73 Å². The molecular weight excluding hydrogens is 372 g/mol. The number of hydrogen-bond acceptors (Lipinski definition) is 6. The predicted octanol–water partition coefficient (Wildman–Crippen LogP) is 2.76. The molecule has 1 aliphatic heterocycles. The van der Waals surface area contributed by atoms with Crippen molar-refractivity contribution in [2.24, 2.45) is 11.0 Å². The van der Waals surface area contributed by atoms with Crippen LogP contribution in [0, 0.1) is 5.92 Å². The minimum atomic E-state index is -0.313. The normalized spacial score (nSPS) is 20.4. The average Bonchev–Trinajstić information content (AvgIpc) is 3.11. The van der Waals surface area contributed by atoms with Gasteiger partial charge in [0.1, 0.15) is 5.75 Å². The monoisotopic (exact) mass is 400 g/mol. The highest BCUT2D eigenvalue weighted by molar-refractivity contribution is 7.99. The highest BCUT2D eigenvalue weighted by Gasteiger charge is 2.22. The van der Waals surface area contributed by atoms with Gasteiger partial charge in [0.05, 0.1) is 11.6 Å². The lowest BCUT2D eigenvalue weighted by molar-refractivity contribution is -0.123. The molecule has 0 aromatic heterocycles. The van der Waals surface area contributed by atoms with E-state index in [2.05, 4.69) is 33.4 Å². The number of likely N-dealkylation sites (N-methyl/N-ethyl adjacent to an activating group) is 1. The Balaban J connectivity index is 1.58. The van der Waals surface area contributed by atoms with Crippen LogP contribution < -0.4 is 5.43 Å². The van der Waals surface area contributed by atoms with Gasteiger partial charge >= 0.3 is 0 Å². The molecule has 1 heterocycles. The zero-order valence-electron chi connectivity index (χ0n) is 16.3. The first-order valence-electron chi connectivity index (χ1n) is 9.64. The van der Waals surface area contributed by atoms with Gasteiger partial charge in [-0.2, -0.15) is 5.10 Å². The number of phenolic OH excluding ortho intramolecular Hbond substituents is 1. The van der Waals surface area contributed by atoms with Gasteiger partial charge in [0.25, 0.3) is 0 Å². The quantitative estimate of drug-likeness (QED) is 0.418. The van der Waals surface area contributed by atoms with Gasteiger partial charge < -0.3 is 10.0 Å². The van der Waals surface area contributed by atoms with E-state index in [-0.39, 0.29) is 17.6 Å². The van der Waals surface area contributed by atoms with E-state index in [0.717, 1.165) is 49.4 Å². The van der Waals surface area contributed by atoms with Crippen molar-refractivity contribution in [1.29, 1.82) is 0 Å². The number of carbonyl (C=O) groups is 1. The molecule has 0 spiro atoms. The molecular formula is C21H28N4O2S. The van der Waals surface area contributed by atoms with E-state index in [1.807, 2.05) is 23.6 Å². The van der Waals surface area contributed by atoms with E-state index in [4.69, 9.17) is 0 Å². The maximum atomic E-state index is 12.6. The third kappa shape index (κ3) is 5.25. The molecule has 1 fully saturated rings. The standard InChI is InChI=1S/C21H28N4O2S/c1-3-5-17(10-15-28-25-13-11-24(2)12-14-25)21(27)23-22-18-9-8-16-6-4-7-19(26)20(16)18/h3-4,6-7,10,15,17,26H,1,5,8-9,11-14H2,2H3,(H,23,27)/b15-10+,22-18+. The van der Waals surface area contributed by atoms with Crippen LogP contribution in [0.25, 0.3) is 0 Å². The molecule has 3 rings (SSSR count). The predicted molar refractivity (Wildman–Crippen MR) is 115 cm³/mol.